The summed E-state index contributed by atoms with van der Waals surface area (Å²) >= 11 is 0. The molecular weight excluding hydrogens is 222 g/mol. The first kappa shape index (κ1) is 12.1. The molecule has 2 atom stereocenters. The van der Waals surface area contributed by atoms with Crippen LogP contribution < -0.4 is 5.32 Å². The Morgan fingerprint density at radius 1 is 1.28 bits per heavy atom. The number of aryl methyl sites for hydroxylation is 1. The van der Waals surface area contributed by atoms with Crippen LogP contribution in [-0.4, -0.2) is 15.6 Å². The van der Waals surface area contributed by atoms with Gasteiger partial charge in [0.15, 0.2) is 0 Å². The number of aromatic nitrogens is 2. The Kier molecular flexibility index (Phi) is 3.31. The van der Waals surface area contributed by atoms with Crippen molar-refractivity contribution in [2.75, 3.05) is 5.32 Å². The third kappa shape index (κ3) is 2.40. The zero-order valence-corrected chi connectivity index (χ0v) is 11.7. The van der Waals surface area contributed by atoms with Gasteiger partial charge in [0.2, 0.25) is 5.95 Å². The van der Waals surface area contributed by atoms with Crippen molar-refractivity contribution < 1.29 is 0 Å². The van der Waals surface area contributed by atoms with Crippen molar-refractivity contribution in [2.45, 2.75) is 70.9 Å². The maximum atomic E-state index is 4.69. The van der Waals surface area contributed by atoms with E-state index in [2.05, 4.69) is 34.9 Å². The summed E-state index contributed by atoms with van der Waals surface area (Å²) in [5.74, 6) is 1.96. The maximum absolute atomic E-state index is 4.69. The highest BCUT2D eigenvalue weighted by molar-refractivity contribution is 5.32. The van der Waals surface area contributed by atoms with E-state index in [0.717, 1.165) is 23.6 Å². The number of hydrogen-bond acceptors (Lipinski definition) is 2. The molecular formula is C15H25N3. The summed E-state index contributed by atoms with van der Waals surface area (Å²) in [7, 11) is 0. The number of hydrogen-bond donors (Lipinski definition) is 1. The number of imidazole rings is 1. The van der Waals surface area contributed by atoms with Crippen LogP contribution in [0.3, 0.4) is 0 Å². The van der Waals surface area contributed by atoms with Gasteiger partial charge in [0.05, 0.1) is 5.69 Å². The fourth-order valence-corrected chi connectivity index (χ4v) is 3.31. The number of nitrogens with one attached hydrogen (secondary N) is 1. The van der Waals surface area contributed by atoms with Gasteiger partial charge in [-0.1, -0.05) is 26.2 Å². The molecule has 0 aromatic carbocycles. The molecule has 2 aliphatic carbocycles. The van der Waals surface area contributed by atoms with Gasteiger partial charge in [0.25, 0.3) is 0 Å². The molecule has 1 N–H and O–H groups in total. The van der Waals surface area contributed by atoms with Crippen LogP contribution >= 0.6 is 0 Å². The molecule has 100 valence electrons. The van der Waals surface area contributed by atoms with Crippen molar-refractivity contribution in [3.63, 3.8) is 0 Å². The fourth-order valence-electron chi connectivity index (χ4n) is 3.31. The lowest BCUT2D eigenvalue weighted by Gasteiger charge is -2.32. The molecule has 0 spiro atoms. The Morgan fingerprint density at radius 2 is 2.06 bits per heavy atom. The van der Waals surface area contributed by atoms with Gasteiger partial charge in [-0.3, -0.25) is 0 Å². The van der Waals surface area contributed by atoms with Gasteiger partial charge in [0.1, 0.15) is 0 Å². The zero-order chi connectivity index (χ0) is 12.5. The lowest BCUT2D eigenvalue weighted by atomic mass is 9.83. The molecule has 0 bridgehead atoms. The second-order valence-electron chi connectivity index (χ2n) is 6.05. The average molecular weight is 247 g/mol. The maximum Gasteiger partial charge on any atom is 0.203 e. The number of rotatable bonds is 4. The topological polar surface area (TPSA) is 29.9 Å². The Hall–Kier alpha value is -0.990. The van der Waals surface area contributed by atoms with E-state index in [9.17, 15) is 0 Å². The van der Waals surface area contributed by atoms with Crippen molar-refractivity contribution in [1.29, 1.82) is 0 Å². The zero-order valence-electron chi connectivity index (χ0n) is 11.7. The molecule has 1 aromatic heterocycles. The minimum Gasteiger partial charge on any atom is -0.353 e. The Bertz CT molecular complexity index is 406. The van der Waals surface area contributed by atoms with Crippen LogP contribution in [0.1, 0.15) is 63.6 Å². The fraction of sp³-hybridized carbons (Fsp3) is 0.800. The van der Waals surface area contributed by atoms with Gasteiger partial charge in [-0.2, -0.15) is 0 Å². The SMILES string of the molecule is CCC1CCCCC1Nc1nc(C)cn1C1CC1. The van der Waals surface area contributed by atoms with Crippen LogP contribution in [0.15, 0.2) is 6.20 Å². The summed E-state index contributed by atoms with van der Waals surface area (Å²) in [6.45, 7) is 4.42. The van der Waals surface area contributed by atoms with E-state index in [1.54, 1.807) is 0 Å². The average Bonchev–Trinajstić information content (AvgIpc) is 3.15. The first-order valence-corrected chi connectivity index (χ1v) is 7.60. The molecule has 0 saturated heterocycles. The molecule has 3 nitrogen and oxygen atoms in total. The van der Waals surface area contributed by atoms with E-state index in [4.69, 9.17) is 0 Å². The molecule has 2 unspecified atom stereocenters. The van der Waals surface area contributed by atoms with Crippen molar-refractivity contribution in [3.05, 3.63) is 11.9 Å². The summed E-state index contributed by atoms with van der Waals surface area (Å²) in [6, 6.07) is 1.36. The van der Waals surface area contributed by atoms with Gasteiger partial charge in [-0.25, -0.2) is 4.98 Å². The van der Waals surface area contributed by atoms with Gasteiger partial charge in [-0.15, -0.1) is 0 Å². The quantitative estimate of drug-likeness (QED) is 0.874. The predicted molar refractivity (Wildman–Crippen MR) is 74.9 cm³/mol. The smallest absolute Gasteiger partial charge is 0.203 e. The summed E-state index contributed by atoms with van der Waals surface area (Å²) in [5.41, 5.74) is 1.15. The summed E-state index contributed by atoms with van der Waals surface area (Å²) in [5, 5.41) is 3.74. The lowest BCUT2D eigenvalue weighted by molar-refractivity contribution is 0.315. The van der Waals surface area contributed by atoms with Crippen molar-refractivity contribution in [3.8, 4) is 0 Å². The molecule has 18 heavy (non-hydrogen) atoms. The molecule has 3 heteroatoms. The molecule has 1 aromatic rings. The first-order valence-electron chi connectivity index (χ1n) is 7.60. The van der Waals surface area contributed by atoms with Crippen LogP contribution in [0.2, 0.25) is 0 Å². The lowest BCUT2D eigenvalue weighted by Crippen LogP contribution is -2.32. The van der Waals surface area contributed by atoms with E-state index in [1.165, 1.54) is 44.9 Å². The van der Waals surface area contributed by atoms with E-state index in [0.29, 0.717) is 6.04 Å². The normalized spacial score (nSPS) is 28.3. The largest absolute Gasteiger partial charge is 0.353 e. The third-order valence-corrected chi connectivity index (χ3v) is 4.54. The minimum absolute atomic E-state index is 0.642. The van der Waals surface area contributed by atoms with E-state index in [-0.39, 0.29) is 0 Å². The highest BCUT2D eigenvalue weighted by Gasteiger charge is 2.29. The third-order valence-electron chi connectivity index (χ3n) is 4.54. The first-order chi connectivity index (χ1) is 8.78. The standard InChI is InChI=1S/C15H25N3/c1-3-12-6-4-5-7-14(12)17-15-16-11(2)10-18(15)13-8-9-13/h10,12-14H,3-9H2,1-2H3,(H,16,17). The number of nitrogens with zero attached hydrogens (tertiary/aromatic N) is 2. The number of anilines is 1. The van der Waals surface area contributed by atoms with Gasteiger partial charge in [-0.05, 0) is 38.5 Å². The van der Waals surface area contributed by atoms with Crippen LogP contribution in [0.5, 0.6) is 0 Å². The summed E-state index contributed by atoms with van der Waals surface area (Å²) < 4.78 is 2.37. The van der Waals surface area contributed by atoms with E-state index >= 15 is 0 Å². The molecule has 1 heterocycles. The molecule has 2 aliphatic rings. The Balaban J connectivity index is 1.74. The van der Waals surface area contributed by atoms with Crippen LogP contribution in [-0.2, 0) is 0 Å². The Labute approximate surface area is 110 Å². The van der Waals surface area contributed by atoms with Gasteiger partial charge >= 0.3 is 0 Å². The van der Waals surface area contributed by atoms with Gasteiger partial charge in [0, 0.05) is 18.3 Å². The van der Waals surface area contributed by atoms with E-state index < -0.39 is 0 Å². The molecule has 2 fully saturated rings. The minimum atomic E-state index is 0.642. The van der Waals surface area contributed by atoms with Crippen LogP contribution in [0.25, 0.3) is 0 Å². The predicted octanol–water partition coefficient (Wildman–Crippen LogP) is 3.91. The monoisotopic (exact) mass is 247 g/mol. The van der Waals surface area contributed by atoms with Crippen molar-refractivity contribution >= 4 is 5.95 Å². The van der Waals surface area contributed by atoms with Crippen LogP contribution in [0.4, 0.5) is 5.95 Å². The molecule has 3 rings (SSSR count). The molecule has 2 saturated carbocycles. The Morgan fingerprint density at radius 3 is 2.78 bits per heavy atom. The second kappa shape index (κ2) is 4.94. The highest BCUT2D eigenvalue weighted by atomic mass is 15.2. The molecule has 0 radical (unpaired) electrons. The van der Waals surface area contributed by atoms with Crippen LogP contribution in [0, 0.1) is 12.8 Å². The molecule has 0 aliphatic heterocycles. The van der Waals surface area contributed by atoms with E-state index in [1.807, 2.05) is 0 Å². The van der Waals surface area contributed by atoms with Gasteiger partial charge < -0.3 is 9.88 Å². The van der Waals surface area contributed by atoms with Crippen molar-refractivity contribution in [1.82, 2.24) is 9.55 Å². The van der Waals surface area contributed by atoms with Crippen molar-refractivity contribution in [2.24, 2.45) is 5.92 Å². The molecule has 0 amide bonds. The summed E-state index contributed by atoms with van der Waals surface area (Å²) in [6.07, 6.45) is 11.6. The second-order valence-corrected chi connectivity index (χ2v) is 6.05. The summed E-state index contributed by atoms with van der Waals surface area (Å²) in [4.78, 5) is 4.69. The highest BCUT2D eigenvalue weighted by Crippen LogP contribution is 2.38.